The van der Waals surface area contributed by atoms with Crippen molar-refractivity contribution in [1.82, 2.24) is 0 Å². The van der Waals surface area contributed by atoms with E-state index in [0.717, 1.165) is 23.9 Å². The molecule has 18 aliphatic heterocycles. The summed E-state index contributed by atoms with van der Waals surface area (Å²) in [5.74, 6) is -9.17. The van der Waals surface area contributed by atoms with Gasteiger partial charge in [-0.05, 0) is 179 Å². The summed E-state index contributed by atoms with van der Waals surface area (Å²) in [6.07, 6.45) is 1.78. The Labute approximate surface area is 889 Å². The Kier molecular flexibility index (Phi) is 29.3. The van der Waals surface area contributed by atoms with Crippen LogP contribution < -0.4 is 0 Å². The van der Waals surface area contributed by atoms with Gasteiger partial charge in [-0.25, -0.2) is 14.4 Å². The predicted molar refractivity (Wildman–Crippen MR) is 546 cm³/mol. The van der Waals surface area contributed by atoms with E-state index in [1.54, 1.807) is 132 Å². The Hall–Kier alpha value is -0.775. The molecule has 18 fully saturated rings. The molecule has 0 aromatic heterocycles. The molecule has 18 unspecified atom stereocenters. The first-order valence-corrected chi connectivity index (χ1v) is 101. The van der Waals surface area contributed by atoms with Gasteiger partial charge < -0.3 is 224 Å². The zero-order valence-corrected chi connectivity index (χ0v) is 112. The zero-order valence-electron chi connectivity index (χ0n) is 87.9. The minimum Gasteiger partial charge on any atom is -0.465 e. The number of carbonyl (C=O) groups is 6. The number of rotatable bonds is 17. The van der Waals surface area contributed by atoms with Crippen LogP contribution in [0.25, 0.3) is 0 Å². The highest BCUT2D eigenvalue weighted by Crippen LogP contribution is 2.75. The molecular weight excluding hydrogens is 2410 g/mol. The SMILES string of the molecule is C=CC(=O)OCC[Si]1(O)OC2(C)C34O[Si](CCOC(=O)C=C)(O1)O[Si](O)(CCOC(=O)C=C)OC3(C)[Si](C)(C)O[Si]4(O)O[Si]2(C)C.C=C[Si]12OC34C(C)(O[Si](O)(O)O1)[Si](C)(C)O[Si]3(O)O[Si](C)(C)C4(C)O[Si](O)(O)O2.CCC1C(=O)OCC[Si]2(O)OC3(C)C45O[Si]6(CCOC(=O)C1(CC[Si]17OC89C(C)(O[Si](O)(O)O1)[Si](C)(C)O[Si]8(O)O[Si](C)(C)C9(C)O[Si](O)(O)O7)C(C)C(=O)OCC[Si](O)(OC4(C)[Si](C)(C)O[Si]5(O)O[Si]3(C)C)O6)O2. The van der Waals surface area contributed by atoms with Crippen LogP contribution in [-0.2, 0) is 176 Å². The summed E-state index contributed by atoms with van der Waals surface area (Å²) in [6.45, 7) is 52.9. The highest BCUT2D eigenvalue weighted by Gasteiger charge is 3.04. The Balaban J connectivity index is 0.000000180. The van der Waals surface area contributed by atoms with E-state index in [1.165, 1.54) is 41.5 Å². The van der Waals surface area contributed by atoms with Gasteiger partial charge in [0, 0.05) is 24.3 Å². The van der Waals surface area contributed by atoms with E-state index in [9.17, 15) is 95.9 Å². The third kappa shape index (κ3) is 16.8. The lowest BCUT2D eigenvalue weighted by Gasteiger charge is -2.54. The lowest BCUT2D eigenvalue weighted by atomic mass is 9.64. The lowest BCUT2D eigenvalue weighted by molar-refractivity contribution is -0.181. The summed E-state index contributed by atoms with van der Waals surface area (Å²) in [7, 11) is -106. The molecule has 18 heterocycles. The lowest BCUT2D eigenvalue weighted by Crippen LogP contribution is -2.80. The fourth-order valence-corrected chi connectivity index (χ4v) is 140. The molecule has 150 heavy (non-hydrogen) atoms. The monoisotopic (exact) mass is 2550 g/mol. The molecule has 850 valence electrons. The minimum absolute atomic E-state index is 0.264. The van der Waals surface area contributed by atoms with Gasteiger partial charge in [-0.1, -0.05) is 40.2 Å². The fraction of sp³-hybridized carbons (Fsp3) is 0.800. The van der Waals surface area contributed by atoms with Crippen molar-refractivity contribution in [3.05, 3.63) is 50.2 Å². The van der Waals surface area contributed by atoms with Crippen molar-refractivity contribution in [3.63, 3.8) is 0 Å². The molecule has 18 aliphatic rings. The van der Waals surface area contributed by atoms with Gasteiger partial charge in [0.25, 0.3) is 0 Å². The second kappa shape index (κ2) is 36.1. The van der Waals surface area contributed by atoms with E-state index in [1.807, 2.05) is 0 Å². The van der Waals surface area contributed by atoms with E-state index in [-0.39, 0.29) is 37.8 Å². The van der Waals surface area contributed by atoms with Crippen molar-refractivity contribution in [2.24, 2.45) is 17.3 Å². The van der Waals surface area contributed by atoms with Gasteiger partial charge in [-0.15, -0.1) is 0 Å². The number of hydrogen-bond acceptors (Lipinski definition) is 56. The first-order chi connectivity index (χ1) is 67.7. The van der Waals surface area contributed by atoms with E-state index >= 15 is 9.59 Å². The van der Waals surface area contributed by atoms with Gasteiger partial charge >= 0.3 is 178 Å². The number of carbonyl (C=O) groups excluding carboxylic acids is 6. The normalized spacial score (nSPS) is 50.0. The molecule has 5 spiro atoms. The molecule has 80 heteroatoms. The van der Waals surface area contributed by atoms with Crippen molar-refractivity contribution >= 4 is 244 Å². The maximum atomic E-state index is 15.8. The molecule has 18 atom stereocenters. The minimum atomic E-state index is -5.70. The highest BCUT2D eigenvalue weighted by atomic mass is 28.5. The predicted octanol–water partition coefficient (Wildman–Crippen LogP) is -3.73. The standard InChI is InChI=1S/C35H70O28Si12.C24H42O16Si6.C11H26O12Si6/c1-15-25-27(37)48-18-22-69(40)51-30(4)34-29(3,64(7,8)56-72(34,41)57-65(30,9)10)50-68(39)21-17-47-26(36)24(2)33(25,28(38)49-19-23-71(55-34,60-68)61-69)16-20-70-54-35-31(5,52-74(43,44)62-70)66(11,12)58-73(35,42)59-67(13,14)32(35,6)53-75(45,46)63-70;1-10-19(25)31-13-16-43(28)34-22(4)24-23(5,42(8,9)38-46(24,30)37-41(22,6)7)35-44(29,17-14-32-20(26)11-2)40-45(36-24,39-43)18-15-33-21(27)12-3;1-8-26-19-11-9(2,17-28(13,14)22-26)24(4,5)20-27(11,12)21-25(6,7)10(11,3)18-29(15,16)23-26/h24-25,39-46H,15-23H2,1-14H3;10-12,28-30H,1-3,13-18H2,4-9H3;8,12-16H,1H2,2-7H3. The van der Waals surface area contributed by atoms with Gasteiger partial charge in [0.2, 0.25) is 66.5 Å². The molecule has 0 saturated carbocycles. The number of esters is 6. The molecule has 0 aromatic rings. The maximum Gasteiger partial charge on any atom is 0.667 e. The Morgan fingerprint density at radius 2 is 0.613 bits per heavy atom. The third-order valence-electron chi connectivity index (χ3n) is 34.3. The van der Waals surface area contributed by atoms with Crippen LogP contribution in [0.1, 0.15) is 82.1 Å². The van der Waals surface area contributed by atoms with Gasteiger partial charge in [-0.2, -0.15) is 0 Å². The van der Waals surface area contributed by atoms with Crippen LogP contribution in [0.2, 0.25) is 147 Å². The van der Waals surface area contributed by atoms with Crippen LogP contribution in [0.3, 0.4) is 0 Å². The topological polar surface area (TPSA) is 740 Å². The van der Waals surface area contributed by atoms with Gasteiger partial charge in [-0.3, -0.25) is 14.4 Å². The third-order valence-corrected chi connectivity index (χ3v) is 127. The second-order valence-electron chi connectivity index (χ2n) is 45.5. The van der Waals surface area contributed by atoms with E-state index in [2.05, 4.69) is 26.3 Å². The van der Waals surface area contributed by atoms with Crippen LogP contribution in [0.4, 0.5) is 0 Å². The summed E-state index contributed by atoms with van der Waals surface area (Å²) in [4.78, 5) is 273. The summed E-state index contributed by atoms with van der Waals surface area (Å²) in [5, 5.41) is -23.0. The number of hydrogen-bond donors (Lipinski definition) is 16. The van der Waals surface area contributed by atoms with Crippen molar-refractivity contribution in [2.45, 2.75) is 292 Å². The molecular formula is C70H138O56Si24. The number of ether oxygens (including phenoxy) is 6. The molecule has 0 aliphatic carbocycles. The molecule has 0 radical (unpaired) electrons. The van der Waals surface area contributed by atoms with Crippen LogP contribution in [-0.4, -0.2) is 423 Å². The number of cyclic esters (lactones) is 2. The quantitative estimate of drug-likeness (QED) is 0.0288. The summed E-state index contributed by atoms with van der Waals surface area (Å²) < 4.78 is 213. The first kappa shape index (κ1) is 122. The van der Waals surface area contributed by atoms with E-state index in [0.29, 0.717) is 0 Å². The molecule has 56 nitrogen and oxygen atoms in total. The summed E-state index contributed by atoms with van der Waals surface area (Å²) in [6, 6.07) is -3.59. The van der Waals surface area contributed by atoms with E-state index in [4.69, 9.17) is 147 Å². The molecule has 16 N–H and O–H groups in total. The summed E-state index contributed by atoms with van der Waals surface area (Å²) >= 11 is 0. The van der Waals surface area contributed by atoms with Crippen LogP contribution in [0, 0.1) is 17.3 Å². The van der Waals surface area contributed by atoms with Crippen molar-refractivity contribution in [1.29, 1.82) is 0 Å². The van der Waals surface area contributed by atoms with Crippen molar-refractivity contribution in [3.8, 4) is 0 Å². The average molecular weight is 2550 g/mol. The van der Waals surface area contributed by atoms with Crippen LogP contribution in [0.15, 0.2) is 50.2 Å². The van der Waals surface area contributed by atoms with Gasteiger partial charge in [0.1, 0.15) is 41.8 Å². The second-order valence-corrected chi connectivity index (χ2v) is 120. The average Bonchev–Trinajstić information content (AvgIpc) is 1.46. The number of fused-ring (bicyclic) bond motifs is 9. The molecule has 11 bridgehead atoms. The molecule has 0 aromatic carbocycles. The Morgan fingerprint density at radius 1 is 0.333 bits per heavy atom. The fourth-order valence-electron chi connectivity index (χ4n) is 25.5. The smallest absolute Gasteiger partial charge is 0.465 e. The van der Waals surface area contributed by atoms with Crippen LogP contribution in [0.5, 0.6) is 0 Å². The first-order valence-electron chi connectivity index (χ1n) is 48.4. The van der Waals surface area contributed by atoms with Crippen molar-refractivity contribution < 1.29 is 253 Å². The van der Waals surface area contributed by atoms with Crippen molar-refractivity contribution in [2.75, 3.05) is 39.6 Å². The summed E-state index contributed by atoms with van der Waals surface area (Å²) in [5.41, 5.74) is -1.46. The Bertz CT molecular complexity index is 5380. The van der Waals surface area contributed by atoms with Gasteiger partial charge in [0.05, 0.1) is 93.2 Å². The highest BCUT2D eigenvalue weighted by molar-refractivity contribution is 7.04. The molecule has 18 saturated heterocycles. The molecule has 18 rings (SSSR count). The largest absolute Gasteiger partial charge is 0.667 e. The maximum absolute atomic E-state index is 15.8. The van der Waals surface area contributed by atoms with Gasteiger partial charge in [0.15, 0.2) is 20.9 Å². The van der Waals surface area contributed by atoms with Crippen LogP contribution >= 0.6 is 0 Å². The van der Waals surface area contributed by atoms with E-state index < -0.39 is 381 Å². The zero-order chi connectivity index (χ0) is 113. The Morgan fingerprint density at radius 3 is 0.933 bits per heavy atom. The molecule has 0 amide bonds.